The van der Waals surface area contributed by atoms with Crippen LogP contribution in [0.5, 0.6) is 0 Å². The van der Waals surface area contributed by atoms with Gasteiger partial charge in [-0.3, -0.25) is 0 Å². The number of ether oxygens (including phenoxy) is 1. The van der Waals surface area contributed by atoms with Crippen molar-refractivity contribution in [1.82, 2.24) is 9.78 Å². The summed E-state index contributed by atoms with van der Waals surface area (Å²) >= 11 is 0. The number of hydrogen-bond acceptors (Lipinski definition) is 2. The number of benzene rings is 1. The third-order valence-corrected chi connectivity index (χ3v) is 2.34. The Bertz CT molecular complexity index is 494. The van der Waals surface area contributed by atoms with Gasteiger partial charge in [0.2, 0.25) is 0 Å². The maximum absolute atomic E-state index is 12.9. The lowest BCUT2D eigenvalue weighted by Gasteiger charge is -2.05. The molecule has 2 rings (SSSR count). The molecule has 84 valence electrons. The Balaban J connectivity index is 2.35. The maximum Gasteiger partial charge on any atom is 0.123 e. The third kappa shape index (κ3) is 2.12. The fraction of sp³-hybridized carbons (Fsp3) is 0.250. The summed E-state index contributed by atoms with van der Waals surface area (Å²) in [6.07, 6.45) is 1.84. The molecule has 0 radical (unpaired) electrons. The molecule has 0 aliphatic carbocycles. The van der Waals surface area contributed by atoms with Crippen LogP contribution in [0, 0.1) is 12.7 Å². The van der Waals surface area contributed by atoms with E-state index >= 15 is 0 Å². The molecular formula is C12H13FN2O. The van der Waals surface area contributed by atoms with Gasteiger partial charge < -0.3 is 4.74 Å². The van der Waals surface area contributed by atoms with Crippen LogP contribution in [0.1, 0.15) is 11.3 Å². The van der Waals surface area contributed by atoms with E-state index in [0.29, 0.717) is 6.61 Å². The predicted molar refractivity (Wildman–Crippen MR) is 59.0 cm³/mol. The van der Waals surface area contributed by atoms with Gasteiger partial charge in [0.1, 0.15) is 5.82 Å². The Morgan fingerprint density at radius 1 is 1.38 bits per heavy atom. The van der Waals surface area contributed by atoms with Gasteiger partial charge in [0.15, 0.2) is 0 Å². The van der Waals surface area contributed by atoms with Gasteiger partial charge in [0.25, 0.3) is 0 Å². The van der Waals surface area contributed by atoms with Crippen molar-refractivity contribution in [2.45, 2.75) is 13.5 Å². The average molecular weight is 220 g/mol. The van der Waals surface area contributed by atoms with E-state index < -0.39 is 0 Å². The number of hydrogen-bond donors (Lipinski definition) is 0. The Kier molecular flexibility index (Phi) is 3.01. The molecule has 1 heterocycles. The summed E-state index contributed by atoms with van der Waals surface area (Å²) in [5.41, 5.74) is 2.59. The van der Waals surface area contributed by atoms with Crippen molar-refractivity contribution in [2.24, 2.45) is 0 Å². The Morgan fingerprint density at radius 2 is 2.19 bits per heavy atom. The van der Waals surface area contributed by atoms with Gasteiger partial charge >= 0.3 is 0 Å². The van der Waals surface area contributed by atoms with Crippen LogP contribution in [-0.2, 0) is 11.3 Å². The number of aromatic nitrogens is 2. The molecule has 0 fully saturated rings. The van der Waals surface area contributed by atoms with Crippen LogP contribution in [0.3, 0.4) is 0 Å². The summed E-state index contributed by atoms with van der Waals surface area (Å²) in [5.74, 6) is -0.231. The SMILES string of the molecule is COCc1ccn(-c2ccc(F)cc2C)n1. The molecule has 0 aliphatic heterocycles. The highest BCUT2D eigenvalue weighted by Gasteiger charge is 2.04. The van der Waals surface area contributed by atoms with Crippen LogP contribution < -0.4 is 0 Å². The number of aryl methyl sites for hydroxylation is 1. The van der Waals surface area contributed by atoms with Crippen molar-refractivity contribution in [3.8, 4) is 5.69 Å². The summed E-state index contributed by atoms with van der Waals surface area (Å²) in [4.78, 5) is 0. The zero-order valence-electron chi connectivity index (χ0n) is 9.27. The molecule has 4 heteroatoms. The van der Waals surface area contributed by atoms with Crippen LogP contribution >= 0.6 is 0 Å². The standard InChI is InChI=1S/C12H13FN2O/c1-9-7-10(13)3-4-12(9)15-6-5-11(14-15)8-16-2/h3-7H,8H2,1-2H3. The van der Waals surface area contributed by atoms with E-state index in [-0.39, 0.29) is 5.82 Å². The van der Waals surface area contributed by atoms with Crippen molar-refractivity contribution >= 4 is 0 Å². The van der Waals surface area contributed by atoms with Crippen molar-refractivity contribution in [3.63, 3.8) is 0 Å². The molecule has 0 bridgehead atoms. The second kappa shape index (κ2) is 4.45. The topological polar surface area (TPSA) is 27.1 Å². The fourth-order valence-electron chi connectivity index (χ4n) is 1.60. The lowest BCUT2D eigenvalue weighted by Crippen LogP contribution is -1.99. The second-order valence-electron chi connectivity index (χ2n) is 3.62. The lowest BCUT2D eigenvalue weighted by molar-refractivity contribution is 0.181. The lowest BCUT2D eigenvalue weighted by atomic mass is 10.2. The number of methoxy groups -OCH3 is 1. The molecule has 0 aliphatic rings. The molecule has 3 nitrogen and oxygen atoms in total. The van der Waals surface area contributed by atoms with Crippen LogP contribution in [-0.4, -0.2) is 16.9 Å². The van der Waals surface area contributed by atoms with Crippen molar-refractivity contribution in [2.75, 3.05) is 7.11 Å². The van der Waals surface area contributed by atoms with Gasteiger partial charge in [0, 0.05) is 13.3 Å². The predicted octanol–water partition coefficient (Wildman–Crippen LogP) is 2.47. The minimum Gasteiger partial charge on any atom is -0.378 e. The van der Waals surface area contributed by atoms with E-state index in [4.69, 9.17) is 4.74 Å². The summed E-state index contributed by atoms with van der Waals surface area (Å²) < 4.78 is 19.7. The molecule has 16 heavy (non-hydrogen) atoms. The number of rotatable bonds is 3. The molecule has 0 N–H and O–H groups in total. The largest absolute Gasteiger partial charge is 0.378 e. The van der Waals surface area contributed by atoms with Gasteiger partial charge in [-0.05, 0) is 36.8 Å². The van der Waals surface area contributed by atoms with E-state index in [9.17, 15) is 4.39 Å². The highest BCUT2D eigenvalue weighted by molar-refractivity contribution is 5.39. The molecule has 1 aromatic carbocycles. The minimum atomic E-state index is -0.231. The normalized spacial score (nSPS) is 10.7. The first-order valence-corrected chi connectivity index (χ1v) is 5.00. The van der Waals surface area contributed by atoms with Crippen molar-refractivity contribution in [1.29, 1.82) is 0 Å². The summed E-state index contributed by atoms with van der Waals surface area (Å²) in [7, 11) is 1.63. The molecule has 0 atom stereocenters. The van der Waals surface area contributed by atoms with Crippen molar-refractivity contribution in [3.05, 3.63) is 47.5 Å². The first-order valence-electron chi connectivity index (χ1n) is 5.00. The van der Waals surface area contributed by atoms with Gasteiger partial charge in [-0.1, -0.05) is 0 Å². The molecule has 2 aromatic rings. The first-order chi connectivity index (χ1) is 7.70. The van der Waals surface area contributed by atoms with E-state index in [0.717, 1.165) is 16.9 Å². The Labute approximate surface area is 93.5 Å². The molecule has 0 saturated carbocycles. The Morgan fingerprint density at radius 3 is 2.88 bits per heavy atom. The third-order valence-electron chi connectivity index (χ3n) is 2.34. The molecular weight excluding hydrogens is 207 g/mol. The minimum absolute atomic E-state index is 0.231. The zero-order valence-corrected chi connectivity index (χ0v) is 9.27. The van der Waals surface area contributed by atoms with E-state index in [1.807, 2.05) is 19.2 Å². The monoisotopic (exact) mass is 220 g/mol. The molecule has 0 saturated heterocycles. The van der Waals surface area contributed by atoms with E-state index in [1.54, 1.807) is 17.9 Å². The highest BCUT2D eigenvalue weighted by atomic mass is 19.1. The number of halogens is 1. The number of nitrogens with zero attached hydrogens (tertiary/aromatic N) is 2. The summed E-state index contributed by atoms with van der Waals surface area (Å²) in [6, 6.07) is 6.52. The smallest absolute Gasteiger partial charge is 0.123 e. The van der Waals surface area contributed by atoms with E-state index in [1.165, 1.54) is 12.1 Å². The Hall–Kier alpha value is -1.68. The first kappa shape index (κ1) is 10.8. The maximum atomic E-state index is 12.9. The molecule has 0 amide bonds. The fourth-order valence-corrected chi connectivity index (χ4v) is 1.60. The highest BCUT2D eigenvalue weighted by Crippen LogP contribution is 2.14. The van der Waals surface area contributed by atoms with Crippen LogP contribution in [0.15, 0.2) is 30.5 Å². The summed E-state index contributed by atoms with van der Waals surface area (Å²) in [5, 5.41) is 4.33. The second-order valence-corrected chi connectivity index (χ2v) is 3.62. The van der Waals surface area contributed by atoms with Gasteiger partial charge in [-0.25, -0.2) is 9.07 Å². The van der Waals surface area contributed by atoms with Crippen molar-refractivity contribution < 1.29 is 9.13 Å². The molecule has 1 aromatic heterocycles. The van der Waals surface area contributed by atoms with Gasteiger partial charge in [-0.15, -0.1) is 0 Å². The van der Waals surface area contributed by atoms with Gasteiger partial charge in [-0.2, -0.15) is 5.10 Å². The van der Waals surface area contributed by atoms with Crippen LogP contribution in [0.25, 0.3) is 5.69 Å². The summed E-state index contributed by atoms with van der Waals surface area (Å²) in [6.45, 7) is 2.34. The van der Waals surface area contributed by atoms with E-state index in [2.05, 4.69) is 5.10 Å². The molecule has 0 unspecified atom stereocenters. The van der Waals surface area contributed by atoms with Crippen LogP contribution in [0.4, 0.5) is 4.39 Å². The molecule has 0 spiro atoms. The average Bonchev–Trinajstić information content (AvgIpc) is 2.67. The van der Waals surface area contributed by atoms with Gasteiger partial charge in [0.05, 0.1) is 18.0 Å². The quantitative estimate of drug-likeness (QED) is 0.794. The van der Waals surface area contributed by atoms with Crippen LogP contribution in [0.2, 0.25) is 0 Å². The zero-order chi connectivity index (χ0) is 11.5.